The van der Waals surface area contributed by atoms with Crippen molar-refractivity contribution in [1.82, 2.24) is 5.32 Å². The molecule has 0 radical (unpaired) electrons. The van der Waals surface area contributed by atoms with Crippen molar-refractivity contribution in [3.8, 4) is 0 Å². The van der Waals surface area contributed by atoms with Gasteiger partial charge in [0.15, 0.2) is 0 Å². The number of carbonyl (C=O) groups is 2. The van der Waals surface area contributed by atoms with E-state index < -0.39 is 5.97 Å². The molecule has 0 saturated heterocycles. The Bertz CT molecular complexity index is 415. The van der Waals surface area contributed by atoms with Crippen LogP contribution in [-0.4, -0.2) is 30.1 Å². The zero-order valence-corrected chi connectivity index (χ0v) is 10.6. The lowest BCUT2D eigenvalue weighted by Crippen LogP contribution is -2.30. The Morgan fingerprint density at radius 2 is 1.89 bits per heavy atom. The first-order valence-electron chi connectivity index (χ1n) is 5.77. The summed E-state index contributed by atoms with van der Waals surface area (Å²) in [5.74, 6) is -0.925. The Hall–Kier alpha value is -1.88. The summed E-state index contributed by atoms with van der Waals surface area (Å²) in [7, 11) is 1.75. The largest absolute Gasteiger partial charge is 0.481 e. The van der Waals surface area contributed by atoms with E-state index in [0.29, 0.717) is 6.42 Å². The van der Waals surface area contributed by atoms with E-state index in [-0.39, 0.29) is 18.4 Å². The third-order valence-corrected chi connectivity index (χ3v) is 2.59. The second kappa shape index (κ2) is 6.76. The summed E-state index contributed by atoms with van der Waals surface area (Å²) in [6, 6.07) is 7.30. The van der Waals surface area contributed by atoms with Crippen molar-refractivity contribution in [3.63, 3.8) is 0 Å². The van der Waals surface area contributed by atoms with Gasteiger partial charge in [-0.1, -0.05) is 12.1 Å². The third kappa shape index (κ3) is 4.97. The van der Waals surface area contributed by atoms with Crippen LogP contribution >= 0.6 is 0 Å². The molecule has 98 valence electrons. The van der Waals surface area contributed by atoms with Gasteiger partial charge < -0.3 is 15.7 Å². The lowest BCUT2D eigenvalue weighted by molar-refractivity contribution is -0.137. The molecule has 5 nitrogen and oxygen atoms in total. The van der Waals surface area contributed by atoms with Crippen molar-refractivity contribution < 1.29 is 14.7 Å². The molecular weight excluding hydrogens is 232 g/mol. The maximum atomic E-state index is 10.9. The van der Waals surface area contributed by atoms with Gasteiger partial charge in [-0.2, -0.15) is 0 Å². The first-order valence-corrected chi connectivity index (χ1v) is 5.77. The zero-order chi connectivity index (χ0) is 13.5. The first kappa shape index (κ1) is 14.2. The molecule has 1 aromatic carbocycles. The van der Waals surface area contributed by atoms with E-state index in [0.717, 1.165) is 11.3 Å². The molecule has 0 saturated carbocycles. The average Bonchev–Trinajstić information content (AvgIpc) is 2.29. The molecule has 0 heterocycles. The zero-order valence-electron chi connectivity index (χ0n) is 10.6. The molecule has 3 N–H and O–H groups in total. The molecule has 1 unspecified atom stereocenters. The fraction of sp³-hybridized carbons (Fsp3) is 0.385. The number of hydrogen-bond donors (Lipinski definition) is 3. The maximum Gasteiger partial charge on any atom is 0.304 e. The Kier molecular flexibility index (Phi) is 5.32. The van der Waals surface area contributed by atoms with Crippen molar-refractivity contribution in [2.24, 2.45) is 0 Å². The minimum atomic E-state index is -0.816. The Labute approximate surface area is 106 Å². The molecule has 1 atom stereocenters. The van der Waals surface area contributed by atoms with Gasteiger partial charge in [0, 0.05) is 18.7 Å². The second-order valence-corrected chi connectivity index (χ2v) is 4.17. The third-order valence-electron chi connectivity index (χ3n) is 2.59. The molecule has 0 spiro atoms. The highest BCUT2D eigenvalue weighted by Crippen LogP contribution is 2.12. The minimum Gasteiger partial charge on any atom is -0.481 e. The number of rotatable bonds is 6. The summed E-state index contributed by atoms with van der Waals surface area (Å²) < 4.78 is 0. The number of likely N-dealkylation sites (N-methyl/N-ethyl adjacent to an activating group) is 1. The molecule has 0 fully saturated rings. The van der Waals surface area contributed by atoms with Crippen molar-refractivity contribution >= 4 is 17.6 Å². The van der Waals surface area contributed by atoms with Crippen LogP contribution in [0.4, 0.5) is 5.69 Å². The number of carboxylic acids is 1. The van der Waals surface area contributed by atoms with Gasteiger partial charge in [-0.25, -0.2) is 0 Å². The van der Waals surface area contributed by atoms with Gasteiger partial charge in [0.1, 0.15) is 0 Å². The highest BCUT2D eigenvalue weighted by atomic mass is 16.4. The van der Waals surface area contributed by atoms with E-state index in [1.165, 1.54) is 6.92 Å². The van der Waals surface area contributed by atoms with Crippen LogP contribution in [0.2, 0.25) is 0 Å². The number of anilines is 1. The molecule has 1 amide bonds. The summed E-state index contributed by atoms with van der Waals surface area (Å²) >= 11 is 0. The topological polar surface area (TPSA) is 78.4 Å². The van der Waals surface area contributed by atoms with Crippen LogP contribution in [0.25, 0.3) is 0 Å². The van der Waals surface area contributed by atoms with Crippen molar-refractivity contribution in [2.45, 2.75) is 25.8 Å². The normalized spacial score (nSPS) is 11.9. The Morgan fingerprint density at radius 3 is 2.33 bits per heavy atom. The maximum absolute atomic E-state index is 10.9. The highest BCUT2D eigenvalue weighted by Gasteiger charge is 2.11. The van der Waals surface area contributed by atoms with E-state index in [1.54, 1.807) is 7.05 Å². The fourth-order valence-corrected chi connectivity index (χ4v) is 1.70. The van der Waals surface area contributed by atoms with Gasteiger partial charge in [0.05, 0.1) is 6.42 Å². The van der Waals surface area contributed by atoms with Crippen LogP contribution in [0.15, 0.2) is 24.3 Å². The van der Waals surface area contributed by atoms with E-state index >= 15 is 0 Å². The molecule has 0 bridgehead atoms. The molecule has 1 aromatic rings. The summed E-state index contributed by atoms with van der Waals surface area (Å²) in [5.41, 5.74) is 1.77. The molecule has 0 aliphatic rings. The number of nitrogens with one attached hydrogen (secondary N) is 2. The van der Waals surface area contributed by atoms with E-state index in [9.17, 15) is 9.59 Å². The molecule has 0 aromatic heterocycles. The molecule has 0 aliphatic heterocycles. The van der Waals surface area contributed by atoms with Crippen LogP contribution in [-0.2, 0) is 16.0 Å². The number of aliphatic carboxylic acids is 1. The summed E-state index contributed by atoms with van der Waals surface area (Å²) in [5, 5.41) is 14.4. The van der Waals surface area contributed by atoms with Gasteiger partial charge >= 0.3 is 5.97 Å². The van der Waals surface area contributed by atoms with Crippen molar-refractivity contribution in [2.75, 3.05) is 12.4 Å². The van der Waals surface area contributed by atoms with E-state index in [4.69, 9.17) is 5.11 Å². The SMILES string of the molecule is CNC(CC(=O)O)Cc1ccc(NC(C)=O)cc1. The number of hydrogen-bond acceptors (Lipinski definition) is 3. The number of benzene rings is 1. The second-order valence-electron chi connectivity index (χ2n) is 4.17. The summed E-state index contributed by atoms with van der Waals surface area (Å²) in [6.45, 7) is 1.46. The number of carboxylic acid groups (broad SMARTS) is 1. The molecule has 18 heavy (non-hydrogen) atoms. The number of amides is 1. The molecule has 1 rings (SSSR count). The first-order chi connectivity index (χ1) is 8.51. The van der Waals surface area contributed by atoms with Crippen LogP contribution in [0.1, 0.15) is 18.9 Å². The van der Waals surface area contributed by atoms with Crippen LogP contribution in [0, 0.1) is 0 Å². The predicted molar refractivity (Wildman–Crippen MR) is 69.6 cm³/mol. The molecule has 5 heteroatoms. The van der Waals surface area contributed by atoms with E-state index in [1.807, 2.05) is 24.3 Å². The lowest BCUT2D eigenvalue weighted by Gasteiger charge is -2.14. The van der Waals surface area contributed by atoms with Gasteiger partial charge in [-0.05, 0) is 31.2 Å². The smallest absolute Gasteiger partial charge is 0.304 e. The summed E-state index contributed by atoms with van der Waals surface area (Å²) in [6.07, 6.45) is 0.729. The average molecular weight is 250 g/mol. The Morgan fingerprint density at radius 1 is 1.28 bits per heavy atom. The number of carbonyl (C=O) groups excluding carboxylic acids is 1. The molecule has 0 aliphatic carbocycles. The molecular formula is C13H18N2O3. The monoisotopic (exact) mass is 250 g/mol. The van der Waals surface area contributed by atoms with Gasteiger partial charge in [-0.3, -0.25) is 9.59 Å². The van der Waals surface area contributed by atoms with Gasteiger partial charge in [0.2, 0.25) is 5.91 Å². The Balaban J connectivity index is 2.61. The quantitative estimate of drug-likeness (QED) is 0.710. The van der Waals surface area contributed by atoms with E-state index in [2.05, 4.69) is 10.6 Å². The highest BCUT2D eigenvalue weighted by molar-refractivity contribution is 5.88. The van der Waals surface area contributed by atoms with Gasteiger partial charge in [0.25, 0.3) is 0 Å². The van der Waals surface area contributed by atoms with Crippen LogP contribution in [0.5, 0.6) is 0 Å². The van der Waals surface area contributed by atoms with Crippen LogP contribution in [0.3, 0.4) is 0 Å². The lowest BCUT2D eigenvalue weighted by atomic mass is 10.0. The minimum absolute atomic E-state index is 0.0872. The fourth-order valence-electron chi connectivity index (χ4n) is 1.70. The predicted octanol–water partition coefficient (Wildman–Crippen LogP) is 1.25. The van der Waals surface area contributed by atoms with Gasteiger partial charge in [-0.15, -0.1) is 0 Å². The standard InChI is InChI=1S/C13H18N2O3/c1-9(16)15-11-5-3-10(4-6-11)7-12(14-2)8-13(17)18/h3-6,12,14H,7-8H2,1-2H3,(H,15,16)(H,17,18). The van der Waals surface area contributed by atoms with Crippen LogP contribution < -0.4 is 10.6 Å². The van der Waals surface area contributed by atoms with Crippen molar-refractivity contribution in [3.05, 3.63) is 29.8 Å². The summed E-state index contributed by atoms with van der Waals surface area (Å²) in [4.78, 5) is 21.5. The van der Waals surface area contributed by atoms with Crippen molar-refractivity contribution in [1.29, 1.82) is 0 Å².